The number of rotatable bonds is 11. The largest absolute Gasteiger partial charge is 0.508 e. The number of carbonyl (C=O) groups excluding carboxylic acids is 6. The van der Waals surface area contributed by atoms with Gasteiger partial charge < -0.3 is 45.7 Å². The van der Waals surface area contributed by atoms with Crippen LogP contribution in [0.4, 0.5) is 5.69 Å². The summed E-state index contributed by atoms with van der Waals surface area (Å²) in [6.07, 6.45) is -0.448. The predicted molar refractivity (Wildman–Crippen MR) is 192 cm³/mol. The fraction of sp³-hybridized carbons (Fsp3) is 0.333. The number of aromatic nitrogens is 1. The van der Waals surface area contributed by atoms with Crippen LogP contribution in [-0.2, 0) is 33.5 Å². The second-order valence-electron chi connectivity index (χ2n) is 13.5. The smallest absolute Gasteiger partial charge is 0.327 e. The van der Waals surface area contributed by atoms with Crippen molar-refractivity contribution in [2.24, 2.45) is 0 Å². The highest BCUT2D eigenvalue weighted by Crippen LogP contribution is 2.50. The Morgan fingerprint density at radius 1 is 1.02 bits per heavy atom. The maximum Gasteiger partial charge on any atom is 0.327 e. The fourth-order valence-electron chi connectivity index (χ4n) is 6.91. The van der Waals surface area contributed by atoms with Crippen molar-refractivity contribution in [2.75, 3.05) is 11.9 Å². The summed E-state index contributed by atoms with van der Waals surface area (Å²) in [5.74, 6) is -4.35. The van der Waals surface area contributed by atoms with Gasteiger partial charge in [-0.3, -0.25) is 33.6 Å². The first-order valence-electron chi connectivity index (χ1n) is 16.7. The van der Waals surface area contributed by atoms with E-state index >= 15 is 0 Å². The molecular weight excluding hydrogens is 724 g/mol. The molecule has 3 saturated heterocycles. The van der Waals surface area contributed by atoms with E-state index in [1.54, 1.807) is 38.1 Å². The first kappa shape index (κ1) is 37.6. The molecule has 3 aliphatic rings. The van der Waals surface area contributed by atoms with Crippen molar-refractivity contribution in [3.8, 4) is 17.0 Å². The minimum atomic E-state index is -1.41. The van der Waals surface area contributed by atoms with E-state index in [1.165, 1.54) is 64.9 Å². The van der Waals surface area contributed by atoms with Crippen LogP contribution in [0.1, 0.15) is 49.2 Å². The Balaban J connectivity index is 1.14. The number of carboxylic acids is 1. The van der Waals surface area contributed by atoms with Crippen LogP contribution in [0.2, 0.25) is 0 Å². The molecule has 2 unspecified atom stereocenters. The van der Waals surface area contributed by atoms with Crippen molar-refractivity contribution in [1.82, 2.24) is 25.4 Å². The molecule has 6 atom stereocenters. The number of benzene rings is 2. The molecule has 5 amide bonds. The minimum Gasteiger partial charge on any atom is -0.508 e. The molecule has 6 N–H and O–H groups in total. The maximum absolute atomic E-state index is 13.7. The van der Waals surface area contributed by atoms with E-state index in [0.29, 0.717) is 16.9 Å². The number of β-lactam (4-membered cyclic amide) rings is 1. The van der Waals surface area contributed by atoms with Crippen molar-refractivity contribution < 1.29 is 48.5 Å². The monoisotopic (exact) mass is 760 g/mol. The number of aromatic amines is 1. The molecule has 17 nitrogen and oxygen atoms in total. The normalized spacial score (nSPS) is 23.0. The van der Waals surface area contributed by atoms with Gasteiger partial charge in [0.1, 0.15) is 47.0 Å². The Labute approximate surface area is 311 Å². The zero-order valence-electron chi connectivity index (χ0n) is 29.1. The Bertz CT molecular complexity index is 2090. The molecule has 18 heteroatoms. The van der Waals surface area contributed by atoms with Crippen molar-refractivity contribution in [2.45, 2.75) is 67.6 Å². The van der Waals surface area contributed by atoms with Gasteiger partial charge in [0.15, 0.2) is 0 Å². The van der Waals surface area contributed by atoms with Gasteiger partial charge >= 0.3 is 5.97 Å². The fourth-order valence-corrected chi connectivity index (χ4v) is 8.53. The van der Waals surface area contributed by atoms with Gasteiger partial charge in [0.2, 0.25) is 23.6 Å². The number of phenols is 1. The number of phenolic OH excluding ortho intramolecular Hbond substituents is 1. The van der Waals surface area contributed by atoms with E-state index < -0.39 is 75.5 Å². The molecule has 3 aromatic rings. The molecule has 2 aromatic carbocycles. The van der Waals surface area contributed by atoms with Gasteiger partial charge in [-0.05, 0) is 61.4 Å². The van der Waals surface area contributed by atoms with Crippen LogP contribution in [-0.4, -0.2) is 108 Å². The average molecular weight is 761 g/mol. The van der Waals surface area contributed by atoms with Gasteiger partial charge in [-0.25, -0.2) is 4.79 Å². The van der Waals surface area contributed by atoms with Crippen molar-refractivity contribution in [3.63, 3.8) is 0 Å². The molecule has 0 radical (unpaired) electrons. The highest BCUT2D eigenvalue weighted by molar-refractivity contribution is 8.01. The van der Waals surface area contributed by atoms with Gasteiger partial charge in [0, 0.05) is 29.5 Å². The summed E-state index contributed by atoms with van der Waals surface area (Å²) in [5, 5.41) is 26.8. The first-order chi connectivity index (χ1) is 25.6. The van der Waals surface area contributed by atoms with Gasteiger partial charge in [-0.2, -0.15) is 0 Å². The lowest BCUT2D eigenvalue weighted by Gasteiger charge is -2.44. The summed E-state index contributed by atoms with van der Waals surface area (Å²) in [4.78, 5) is 106. The maximum atomic E-state index is 13.7. The van der Waals surface area contributed by atoms with Gasteiger partial charge in [0.05, 0.1) is 6.54 Å². The molecule has 0 saturated carbocycles. The lowest BCUT2D eigenvalue weighted by molar-refractivity contribution is -0.161. The van der Waals surface area contributed by atoms with E-state index in [-0.39, 0.29) is 42.2 Å². The van der Waals surface area contributed by atoms with Crippen LogP contribution in [0.5, 0.6) is 5.75 Å². The lowest BCUT2D eigenvalue weighted by Crippen LogP contribution is -2.71. The van der Waals surface area contributed by atoms with Crippen LogP contribution in [0.25, 0.3) is 11.3 Å². The molecule has 0 bridgehead atoms. The number of amides is 5. The number of hydrogen-bond acceptors (Lipinski definition) is 11. The highest BCUT2D eigenvalue weighted by atomic mass is 32.2. The Morgan fingerprint density at radius 2 is 1.70 bits per heavy atom. The molecule has 0 aliphatic carbocycles. The number of nitrogens with zero attached hydrogens (tertiary/aromatic N) is 2. The zero-order chi connectivity index (χ0) is 39.1. The number of aromatic hydroxyl groups is 1. The van der Waals surface area contributed by atoms with Crippen LogP contribution >= 0.6 is 11.8 Å². The second kappa shape index (κ2) is 14.7. The zero-order valence-corrected chi connectivity index (χ0v) is 29.9. The number of H-pyrrole nitrogens is 1. The molecule has 1 aromatic heterocycles. The number of thioether (sulfide) groups is 1. The number of pyridine rings is 1. The third kappa shape index (κ3) is 7.23. The third-order valence-electron chi connectivity index (χ3n) is 9.57. The molecule has 6 rings (SSSR count). The number of anilines is 1. The summed E-state index contributed by atoms with van der Waals surface area (Å²) in [7, 11) is 0. The number of aliphatic carboxylic acids is 1. The van der Waals surface area contributed by atoms with Crippen LogP contribution in [0.15, 0.2) is 65.5 Å². The van der Waals surface area contributed by atoms with Gasteiger partial charge in [-0.15, -0.1) is 11.8 Å². The molecule has 282 valence electrons. The predicted octanol–water partition coefficient (Wildman–Crippen LogP) is 0.951. The van der Waals surface area contributed by atoms with Crippen LogP contribution < -0.4 is 21.5 Å². The van der Waals surface area contributed by atoms with E-state index in [9.17, 15) is 48.6 Å². The standard InChI is InChI=1S/C36H36N6O11S/c1-17(44)41-15-22(53-16-43)14-25(41)31(48)37-20-8-4-18(5-9-20)24-13-12-23(29(46)38-24)30(47)39-26(19-6-10-21(45)11-7-19)32(49)40-27-33(50)42-28(35(51)52)36(2,3)54-34(27)42/h4-13,16,22,25-28,34,45H,14-15H2,1-3H3,(H,37,48)(H,38,46)(H,39,47)(H,40,49)(H,51,52)/t22-,25?,26?,27-,28+,34+/m1/s1. The Kier molecular flexibility index (Phi) is 10.2. The van der Waals surface area contributed by atoms with Crippen molar-refractivity contribution >= 4 is 59.4 Å². The van der Waals surface area contributed by atoms with Crippen molar-refractivity contribution in [3.05, 3.63) is 82.1 Å². The van der Waals surface area contributed by atoms with E-state index in [0.717, 1.165) is 0 Å². The Morgan fingerprint density at radius 3 is 2.31 bits per heavy atom. The number of fused-ring (bicyclic) bond motifs is 1. The van der Waals surface area contributed by atoms with E-state index in [2.05, 4.69) is 20.9 Å². The molecule has 0 spiro atoms. The quantitative estimate of drug-likeness (QED) is 0.118. The topological polar surface area (TPSA) is 245 Å². The molecule has 54 heavy (non-hydrogen) atoms. The summed E-state index contributed by atoms with van der Waals surface area (Å²) in [6, 6.07) is 10.2. The lowest BCUT2D eigenvalue weighted by atomic mass is 9.95. The molecule has 4 heterocycles. The minimum absolute atomic E-state index is 0.103. The third-order valence-corrected chi connectivity index (χ3v) is 11.1. The second-order valence-corrected chi connectivity index (χ2v) is 15.3. The van der Waals surface area contributed by atoms with Crippen molar-refractivity contribution in [1.29, 1.82) is 0 Å². The summed E-state index contributed by atoms with van der Waals surface area (Å²) < 4.78 is 4.13. The molecular formula is C36H36N6O11S. The van der Waals surface area contributed by atoms with Crippen LogP contribution in [0, 0.1) is 0 Å². The van der Waals surface area contributed by atoms with E-state index in [1.807, 2.05) is 0 Å². The average Bonchev–Trinajstić information content (AvgIpc) is 3.67. The number of hydrogen-bond donors (Lipinski definition) is 6. The summed E-state index contributed by atoms with van der Waals surface area (Å²) in [6.45, 7) is 5.10. The SMILES string of the molecule is CC(=O)N1C[C@H](OC=O)CC1C(=O)Nc1ccc(-c2ccc(C(=O)NC(C(=O)N[C@@H]3C(=O)N4[C@@H](C(=O)O)C(C)(C)S[C@@H]34)c3ccc(O)cc3)c(=O)[nH]2)cc1. The van der Waals surface area contributed by atoms with Gasteiger partial charge in [0.25, 0.3) is 17.9 Å². The number of ether oxygens (including phenoxy) is 1. The first-order valence-corrected chi connectivity index (χ1v) is 17.6. The summed E-state index contributed by atoms with van der Waals surface area (Å²) >= 11 is 1.24. The van der Waals surface area contributed by atoms with E-state index in [4.69, 9.17) is 4.74 Å². The Hall–Kier alpha value is -6.17. The summed E-state index contributed by atoms with van der Waals surface area (Å²) in [5.41, 5.74) is 0.393. The van der Waals surface area contributed by atoms with Crippen LogP contribution in [0.3, 0.4) is 0 Å². The number of nitrogens with one attached hydrogen (secondary N) is 4. The number of carbonyl (C=O) groups is 7. The van der Waals surface area contributed by atoms with Gasteiger partial charge in [-0.1, -0.05) is 24.3 Å². The molecule has 3 fully saturated rings. The highest BCUT2D eigenvalue weighted by Gasteiger charge is 2.64. The number of likely N-dealkylation sites (tertiary alicyclic amines) is 1. The molecule has 3 aliphatic heterocycles. The number of carboxylic acid groups (broad SMARTS) is 1.